The lowest BCUT2D eigenvalue weighted by molar-refractivity contribution is 0.0954. The van der Waals surface area contributed by atoms with E-state index in [4.69, 9.17) is 0 Å². The van der Waals surface area contributed by atoms with Crippen LogP contribution in [0.5, 0.6) is 0 Å². The molecule has 0 aliphatic heterocycles. The number of benzene rings is 1. The van der Waals surface area contributed by atoms with Crippen LogP contribution < -0.4 is 5.32 Å². The molecule has 0 saturated carbocycles. The van der Waals surface area contributed by atoms with Crippen molar-refractivity contribution in [3.63, 3.8) is 0 Å². The summed E-state index contributed by atoms with van der Waals surface area (Å²) < 4.78 is 14.6. The summed E-state index contributed by atoms with van der Waals surface area (Å²) in [7, 11) is 0. The lowest BCUT2D eigenvalue weighted by atomic mass is 10.2. The third kappa shape index (κ3) is 3.79. The van der Waals surface area contributed by atoms with E-state index in [0.29, 0.717) is 18.5 Å². The number of carbonyl (C=O) groups is 1. The van der Waals surface area contributed by atoms with Crippen molar-refractivity contribution >= 4 is 5.91 Å². The Morgan fingerprint density at radius 3 is 2.57 bits per heavy atom. The third-order valence-corrected chi connectivity index (χ3v) is 3.34. The Balaban J connectivity index is 1.55. The fourth-order valence-electron chi connectivity index (χ4n) is 2.14. The highest BCUT2D eigenvalue weighted by Gasteiger charge is 2.05. The van der Waals surface area contributed by atoms with Crippen LogP contribution >= 0.6 is 0 Å². The molecule has 1 aromatic carbocycles. The monoisotopic (exact) mass is 310 g/mol. The number of pyridine rings is 1. The van der Waals surface area contributed by atoms with Crippen LogP contribution in [0.2, 0.25) is 0 Å². The van der Waals surface area contributed by atoms with Gasteiger partial charge in [0.25, 0.3) is 5.91 Å². The predicted octanol–water partition coefficient (Wildman–Crippen LogP) is 2.38. The van der Waals surface area contributed by atoms with E-state index in [1.807, 2.05) is 12.3 Å². The molecular formula is C17H15FN4O. The van der Waals surface area contributed by atoms with E-state index in [0.717, 1.165) is 11.4 Å². The molecule has 6 heteroatoms. The van der Waals surface area contributed by atoms with Crippen molar-refractivity contribution in [1.29, 1.82) is 0 Å². The van der Waals surface area contributed by atoms with Gasteiger partial charge in [-0.05, 0) is 42.5 Å². The Bertz CT molecular complexity index is 784. The van der Waals surface area contributed by atoms with Gasteiger partial charge in [-0.25, -0.2) is 9.07 Å². The first-order chi connectivity index (χ1) is 11.2. The molecule has 2 heterocycles. The van der Waals surface area contributed by atoms with Gasteiger partial charge in [0.1, 0.15) is 5.82 Å². The Kier molecular flexibility index (Phi) is 4.42. The summed E-state index contributed by atoms with van der Waals surface area (Å²) in [5.41, 5.74) is 2.22. The van der Waals surface area contributed by atoms with Gasteiger partial charge >= 0.3 is 0 Å². The molecule has 0 unspecified atom stereocenters. The molecule has 5 nitrogen and oxygen atoms in total. The van der Waals surface area contributed by atoms with E-state index in [2.05, 4.69) is 15.4 Å². The largest absolute Gasteiger partial charge is 0.352 e. The van der Waals surface area contributed by atoms with Gasteiger partial charge in [0.2, 0.25) is 0 Å². The number of nitrogens with zero attached hydrogens (tertiary/aromatic N) is 3. The van der Waals surface area contributed by atoms with Gasteiger partial charge in [-0.3, -0.25) is 9.78 Å². The molecule has 3 aromatic rings. The topological polar surface area (TPSA) is 59.8 Å². The van der Waals surface area contributed by atoms with E-state index >= 15 is 0 Å². The molecule has 1 N–H and O–H groups in total. The van der Waals surface area contributed by atoms with Crippen LogP contribution in [0.4, 0.5) is 4.39 Å². The van der Waals surface area contributed by atoms with Crippen LogP contribution in [0.15, 0.2) is 61.1 Å². The summed E-state index contributed by atoms with van der Waals surface area (Å²) in [6.07, 6.45) is 5.59. The minimum atomic E-state index is -0.278. The maximum absolute atomic E-state index is 12.9. The lowest BCUT2D eigenvalue weighted by Crippen LogP contribution is -2.25. The van der Waals surface area contributed by atoms with Crippen molar-refractivity contribution in [3.8, 4) is 5.69 Å². The normalized spacial score (nSPS) is 10.5. The highest BCUT2D eigenvalue weighted by molar-refractivity contribution is 5.93. The molecule has 0 aliphatic carbocycles. The van der Waals surface area contributed by atoms with Crippen molar-refractivity contribution in [2.45, 2.75) is 6.42 Å². The van der Waals surface area contributed by atoms with E-state index in [-0.39, 0.29) is 11.7 Å². The zero-order valence-corrected chi connectivity index (χ0v) is 12.3. The minimum absolute atomic E-state index is 0.134. The summed E-state index contributed by atoms with van der Waals surface area (Å²) in [5, 5.41) is 7.25. The molecule has 0 spiro atoms. The van der Waals surface area contributed by atoms with Crippen molar-refractivity contribution in [2.75, 3.05) is 6.54 Å². The number of amides is 1. The van der Waals surface area contributed by atoms with E-state index in [9.17, 15) is 9.18 Å². The first-order valence-corrected chi connectivity index (χ1v) is 7.21. The Morgan fingerprint density at radius 1 is 1.09 bits per heavy atom. The van der Waals surface area contributed by atoms with Gasteiger partial charge in [-0.1, -0.05) is 0 Å². The zero-order valence-electron chi connectivity index (χ0n) is 12.3. The number of rotatable bonds is 5. The number of nitrogens with one attached hydrogen (secondary N) is 1. The smallest absolute Gasteiger partial charge is 0.251 e. The van der Waals surface area contributed by atoms with E-state index in [1.54, 1.807) is 41.3 Å². The Hall–Kier alpha value is -3.02. The zero-order chi connectivity index (χ0) is 16.1. The van der Waals surface area contributed by atoms with Crippen LogP contribution in [0.25, 0.3) is 5.69 Å². The molecule has 23 heavy (non-hydrogen) atoms. The molecule has 1 amide bonds. The molecule has 0 atom stereocenters. The third-order valence-electron chi connectivity index (χ3n) is 3.34. The molecule has 116 valence electrons. The summed E-state index contributed by atoms with van der Waals surface area (Å²) in [4.78, 5) is 15.8. The van der Waals surface area contributed by atoms with Crippen LogP contribution in [-0.4, -0.2) is 27.2 Å². The quantitative estimate of drug-likeness (QED) is 0.787. The van der Waals surface area contributed by atoms with E-state index in [1.165, 1.54) is 12.1 Å². The van der Waals surface area contributed by atoms with Gasteiger partial charge in [-0.15, -0.1) is 0 Å². The second-order valence-electron chi connectivity index (χ2n) is 4.97. The molecule has 0 saturated heterocycles. The Morgan fingerprint density at radius 2 is 1.83 bits per heavy atom. The minimum Gasteiger partial charge on any atom is -0.352 e. The number of aromatic nitrogens is 3. The number of hydrogen-bond acceptors (Lipinski definition) is 3. The van der Waals surface area contributed by atoms with Crippen molar-refractivity contribution < 1.29 is 9.18 Å². The van der Waals surface area contributed by atoms with E-state index < -0.39 is 0 Å². The molecular weight excluding hydrogens is 295 g/mol. The maximum atomic E-state index is 12.9. The van der Waals surface area contributed by atoms with Crippen LogP contribution in [-0.2, 0) is 6.42 Å². The number of hydrogen-bond donors (Lipinski definition) is 1. The fraction of sp³-hybridized carbons (Fsp3) is 0.118. The van der Waals surface area contributed by atoms with Gasteiger partial charge in [0.15, 0.2) is 0 Å². The van der Waals surface area contributed by atoms with Crippen molar-refractivity contribution in [1.82, 2.24) is 20.1 Å². The molecule has 0 fully saturated rings. The first kappa shape index (κ1) is 14.9. The maximum Gasteiger partial charge on any atom is 0.251 e. The van der Waals surface area contributed by atoms with Gasteiger partial charge in [0, 0.05) is 37.1 Å². The number of halogens is 1. The first-order valence-electron chi connectivity index (χ1n) is 7.21. The average molecular weight is 310 g/mol. The molecule has 0 aliphatic rings. The highest BCUT2D eigenvalue weighted by Crippen LogP contribution is 2.09. The van der Waals surface area contributed by atoms with Crippen LogP contribution in [0, 0.1) is 5.82 Å². The molecule has 2 aromatic heterocycles. The predicted molar refractivity (Wildman–Crippen MR) is 83.8 cm³/mol. The van der Waals surface area contributed by atoms with Crippen molar-refractivity contribution in [3.05, 3.63) is 78.1 Å². The summed E-state index contributed by atoms with van der Waals surface area (Å²) in [6.45, 7) is 0.488. The molecule has 3 rings (SSSR count). The average Bonchev–Trinajstić information content (AvgIpc) is 3.05. The van der Waals surface area contributed by atoms with Gasteiger partial charge in [-0.2, -0.15) is 5.10 Å². The van der Waals surface area contributed by atoms with Gasteiger partial charge < -0.3 is 5.32 Å². The summed E-state index contributed by atoms with van der Waals surface area (Å²) in [5.74, 6) is -0.412. The van der Waals surface area contributed by atoms with Crippen LogP contribution in [0.3, 0.4) is 0 Å². The number of carbonyl (C=O) groups excluding carboxylic acids is 1. The van der Waals surface area contributed by atoms with Crippen molar-refractivity contribution in [2.24, 2.45) is 0 Å². The fourth-order valence-corrected chi connectivity index (χ4v) is 2.14. The second kappa shape index (κ2) is 6.83. The SMILES string of the molecule is O=C(NCCc1ccn(-c2ccc(F)cc2)n1)c1ccncc1. The Labute approximate surface area is 132 Å². The highest BCUT2D eigenvalue weighted by atomic mass is 19.1. The van der Waals surface area contributed by atoms with Crippen LogP contribution in [0.1, 0.15) is 16.1 Å². The lowest BCUT2D eigenvalue weighted by Gasteiger charge is -2.04. The molecule has 0 radical (unpaired) electrons. The molecule has 0 bridgehead atoms. The summed E-state index contributed by atoms with van der Waals surface area (Å²) >= 11 is 0. The second-order valence-corrected chi connectivity index (χ2v) is 4.97. The standard InChI is InChI=1S/C17H15FN4O/c18-14-1-3-16(4-2-14)22-12-8-15(21-22)7-11-20-17(23)13-5-9-19-10-6-13/h1-6,8-10,12H,7,11H2,(H,20,23). The summed E-state index contributed by atoms with van der Waals surface area (Å²) in [6, 6.07) is 11.3. The van der Waals surface area contributed by atoms with Gasteiger partial charge in [0.05, 0.1) is 11.4 Å².